The van der Waals surface area contributed by atoms with Crippen LogP contribution < -0.4 is 15.0 Å². The van der Waals surface area contributed by atoms with E-state index in [0.717, 1.165) is 30.9 Å². The molecule has 3 rings (SSSR count). The first-order chi connectivity index (χ1) is 14.0. The minimum atomic E-state index is -0.394. The summed E-state index contributed by atoms with van der Waals surface area (Å²) in [6.45, 7) is 2.78. The van der Waals surface area contributed by atoms with Gasteiger partial charge in [-0.1, -0.05) is 23.2 Å². The number of rotatable bonds is 5. The van der Waals surface area contributed by atoms with Crippen molar-refractivity contribution < 1.29 is 14.3 Å². The number of ether oxygens (including phenoxy) is 1. The van der Waals surface area contributed by atoms with E-state index in [1.807, 2.05) is 24.3 Å². The fourth-order valence-corrected chi connectivity index (χ4v) is 3.75. The Bertz CT molecular complexity index is 874. The molecule has 2 aromatic carbocycles. The van der Waals surface area contributed by atoms with Crippen molar-refractivity contribution in [1.29, 1.82) is 0 Å². The zero-order chi connectivity index (χ0) is 20.8. The average molecular weight is 436 g/mol. The van der Waals surface area contributed by atoms with Crippen molar-refractivity contribution in [2.24, 2.45) is 0 Å². The molecule has 0 spiro atoms. The van der Waals surface area contributed by atoms with Gasteiger partial charge in [0.15, 0.2) is 0 Å². The Balaban J connectivity index is 1.53. The third-order valence-corrected chi connectivity index (χ3v) is 5.41. The fraction of sp³-hybridized carbons (Fsp3) is 0.333. The second-order valence-corrected chi connectivity index (χ2v) is 7.57. The number of amides is 2. The average Bonchev–Trinajstić information content (AvgIpc) is 2.98. The quantitative estimate of drug-likeness (QED) is 0.780. The highest BCUT2D eigenvalue weighted by atomic mass is 35.5. The van der Waals surface area contributed by atoms with Gasteiger partial charge >= 0.3 is 0 Å². The molecular weight excluding hydrogens is 413 g/mol. The van der Waals surface area contributed by atoms with Crippen LogP contribution >= 0.6 is 23.2 Å². The molecule has 1 aliphatic heterocycles. The molecule has 1 fully saturated rings. The van der Waals surface area contributed by atoms with E-state index < -0.39 is 5.91 Å². The van der Waals surface area contributed by atoms with Gasteiger partial charge in [0, 0.05) is 36.9 Å². The molecule has 0 saturated carbocycles. The molecule has 2 aromatic rings. The number of anilines is 1. The van der Waals surface area contributed by atoms with Crippen molar-refractivity contribution in [2.75, 3.05) is 44.7 Å². The molecule has 0 aliphatic carbocycles. The lowest BCUT2D eigenvalue weighted by Gasteiger charge is -2.24. The van der Waals surface area contributed by atoms with Crippen LogP contribution in [0.3, 0.4) is 0 Å². The predicted octanol–water partition coefficient (Wildman–Crippen LogP) is 3.47. The number of methoxy groups -OCH3 is 1. The molecule has 0 unspecified atom stereocenters. The van der Waals surface area contributed by atoms with Gasteiger partial charge in [-0.3, -0.25) is 9.59 Å². The summed E-state index contributed by atoms with van der Waals surface area (Å²) in [5, 5.41) is 3.36. The van der Waals surface area contributed by atoms with Crippen molar-refractivity contribution in [3.63, 3.8) is 0 Å². The van der Waals surface area contributed by atoms with E-state index >= 15 is 0 Å². The molecule has 2 amide bonds. The van der Waals surface area contributed by atoms with Crippen molar-refractivity contribution >= 4 is 40.7 Å². The van der Waals surface area contributed by atoms with E-state index in [4.69, 9.17) is 27.9 Å². The minimum Gasteiger partial charge on any atom is -0.497 e. The number of hydrogen-bond acceptors (Lipinski definition) is 4. The number of nitrogens with zero attached hydrogens (tertiary/aromatic N) is 2. The van der Waals surface area contributed by atoms with E-state index in [9.17, 15) is 9.59 Å². The van der Waals surface area contributed by atoms with Crippen molar-refractivity contribution in [3.8, 4) is 5.75 Å². The van der Waals surface area contributed by atoms with E-state index in [0.29, 0.717) is 23.7 Å². The topological polar surface area (TPSA) is 61.9 Å². The summed E-state index contributed by atoms with van der Waals surface area (Å²) < 4.78 is 5.20. The standard InChI is InChI=1S/C21H23Cl2N3O3/c1-29-17-6-4-16(5-7-17)25-9-2-10-26(12-11-25)20(27)14-24-21(28)18-8-3-15(22)13-19(18)23/h3-8,13H,2,9-12,14H2,1H3,(H,24,28). The lowest BCUT2D eigenvalue weighted by molar-refractivity contribution is -0.129. The highest BCUT2D eigenvalue weighted by molar-refractivity contribution is 6.36. The summed E-state index contributed by atoms with van der Waals surface area (Å²) >= 11 is 11.9. The second kappa shape index (κ2) is 9.85. The number of carbonyl (C=O) groups excluding carboxylic acids is 2. The number of carbonyl (C=O) groups is 2. The first kappa shape index (κ1) is 21.3. The smallest absolute Gasteiger partial charge is 0.253 e. The summed E-state index contributed by atoms with van der Waals surface area (Å²) in [5.74, 6) is 0.312. The third kappa shape index (κ3) is 5.55. The molecule has 1 N–H and O–H groups in total. The van der Waals surface area contributed by atoms with E-state index in [2.05, 4.69) is 10.2 Å². The van der Waals surface area contributed by atoms with Gasteiger partial charge in [-0.05, 0) is 48.9 Å². The normalized spacial score (nSPS) is 14.3. The molecule has 0 atom stereocenters. The Morgan fingerprint density at radius 1 is 1.03 bits per heavy atom. The van der Waals surface area contributed by atoms with Crippen molar-refractivity contribution in [3.05, 3.63) is 58.1 Å². The summed E-state index contributed by atoms with van der Waals surface area (Å²) in [4.78, 5) is 28.9. The van der Waals surface area contributed by atoms with Gasteiger partial charge in [0.05, 0.1) is 24.2 Å². The maximum Gasteiger partial charge on any atom is 0.253 e. The Kier molecular flexibility index (Phi) is 7.23. The maximum atomic E-state index is 12.6. The fourth-order valence-electron chi connectivity index (χ4n) is 3.25. The number of hydrogen-bond donors (Lipinski definition) is 1. The Morgan fingerprint density at radius 3 is 2.48 bits per heavy atom. The van der Waals surface area contributed by atoms with Gasteiger partial charge in [0.1, 0.15) is 5.75 Å². The summed E-state index contributed by atoms with van der Waals surface area (Å²) in [6, 6.07) is 12.5. The number of nitrogens with one attached hydrogen (secondary N) is 1. The van der Waals surface area contributed by atoms with E-state index in [1.54, 1.807) is 24.1 Å². The second-order valence-electron chi connectivity index (χ2n) is 6.73. The van der Waals surface area contributed by atoms with Crippen LogP contribution in [-0.4, -0.2) is 56.5 Å². The summed E-state index contributed by atoms with van der Waals surface area (Å²) in [6.07, 6.45) is 0.856. The van der Waals surface area contributed by atoms with Gasteiger partial charge in [0.25, 0.3) is 5.91 Å². The Hall–Kier alpha value is -2.44. The molecule has 154 valence electrons. The maximum absolute atomic E-state index is 12.6. The lowest BCUT2D eigenvalue weighted by atomic mass is 10.2. The minimum absolute atomic E-state index is 0.0691. The number of halogens is 2. The summed E-state index contributed by atoms with van der Waals surface area (Å²) in [7, 11) is 1.64. The third-order valence-electron chi connectivity index (χ3n) is 4.86. The molecule has 6 nitrogen and oxygen atoms in total. The van der Waals surface area contributed by atoms with Crippen LogP contribution in [0, 0.1) is 0 Å². The molecule has 1 saturated heterocycles. The van der Waals surface area contributed by atoms with E-state index in [1.165, 1.54) is 6.07 Å². The Morgan fingerprint density at radius 2 is 1.79 bits per heavy atom. The van der Waals surface area contributed by atoms with Crippen molar-refractivity contribution in [1.82, 2.24) is 10.2 Å². The highest BCUT2D eigenvalue weighted by Crippen LogP contribution is 2.22. The molecule has 1 aliphatic rings. The predicted molar refractivity (Wildman–Crippen MR) is 115 cm³/mol. The Labute approximate surface area is 180 Å². The van der Waals surface area contributed by atoms with Gasteiger partial charge in [-0.15, -0.1) is 0 Å². The van der Waals surface area contributed by atoms with Crippen LogP contribution in [0.15, 0.2) is 42.5 Å². The largest absolute Gasteiger partial charge is 0.497 e. The molecule has 8 heteroatoms. The van der Waals surface area contributed by atoms with Crippen LogP contribution in [0.4, 0.5) is 5.69 Å². The SMILES string of the molecule is COc1ccc(N2CCCN(C(=O)CNC(=O)c3ccc(Cl)cc3Cl)CC2)cc1. The molecule has 29 heavy (non-hydrogen) atoms. The van der Waals surface area contributed by atoms with E-state index in [-0.39, 0.29) is 17.5 Å². The monoisotopic (exact) mass is 435 g/mol. The van der Waals surface area contributed by atoms with Gasteiger partial charge in [-0.2, -0.15) is 0 Å². The summed E-state index contributed by atoms with van der Waals surface area (Å²) in [5.41, 5.74) is 1.40. The van der Waals surface area contributed by atoms with Crippen LogP contribution in [0.25, 0.3) is 0 Å². The molecule has 0 radical (unpaired) electrons. The van der Waals surface area contributed by atoms with Crippen LogP contribution in [0.1, 0.15) is 16.8 Å². The highest BCUT2D eigenvalue weighted by Gasteiger charge is 2.20. The zero-order valence-electron chi connectivity index (χ0n) is 16.2. The van der Waals surface area contributed by atoms with Crippen LogP contribution in [-0.2, 0) is 4.79 Å². The van der Waals surface area contributed by atoms with Gasteiger partial charge in [0.2, 0.25) is 5.91 Å². The zero-order valence-corrected chi connectivity index (χ0v) is 17.7. The van der Waals surface area contributed by atoms with Gasteiger partial charge in [-0.25, -0.2) is 0 Å². The first-order valence-corrected chi connectivity index (χ1v) is 10.1. The lowest BCUT2D eigenvalue weighted by Crippen LogP contribution is -2.42. The molecule has 0 bridgehead atoms. The molecular formula is C21H23Cl2N3O3. The van der Waals surface area contributed by atoms with Gasteiger partial charge < -0.3 is 19.9 Å². The molecule has 1 heterocycles. The van der Waals surface area contributed by atoms with Crippen LogP contribution in [0.5, 0.6) is 5.75 Å². The molecule has 0 aromatic heterocycles. The first-order valence-electron chi connectivity index (χ1n) is 9.38. The number of benzene rings is 2. The van der Waals surface area contributed by atoms with Crippen LogP contribution in [0.2, 0.25) is 10.0 Å². The van der Waals surface area contributed by atoms with Crippen molar-refractivity contribution in [2.45, 2.75) is 6.42 Å².